The van der Waals surface area contributed by atoms with E-state index in [0.29, 0.717) is 19.4 Å². The number of nitrogens with zero attached hydrogens (tertiary/aromatic N) is 1. The Morgan fingerprint density at radius 3 is 2.27 bits per heavy atom. The zero-order valence-corrected chi connectivity index (χ0v) is 10.5. The maximum atomic E-state index is 11.7. The smallest absolute Gasteiger partial charge is 0.213 e. The molecule has 0 heterocycles. The highest BCUT2D eigenvalue weighted by Gasteiger charge is 2.23. The number of unbranched alkanes of at least 4 members (excludes halogenated alkanes) is 1. The Labute approximate surface area is 92.3 Å². The van der Waals surface area contributed by atoms with E-state index >= 15 is 0 Å². The average Bonchev–Trinajstić information content (AvgIpc) is 2.01. The lowest BCUT2D eigenvalue weighted by Crippen LogP contribution is -2.40. The number of nitrogens with two attached hydrogens (primary N) is 1. The van der Waals surface area contributed by atoms with E-state index in [1.54, 1.807) is 13.8 Å². The molecule has 0 aromatic heterocycles. The molecule has 0 unspecified atom stereocenters. The van der Waals surface area contributed by atoms with Gasteiger partial charge in [0.25, 0.3) is 0 Å². The van der Waals surface area contributed by atoms with Gasteiger partial charge >= 0.3 is 0 Å². The van der Waals surface area contributed by atoms with Gasteiger partial charge in [0.1, 0.15) is 0 Å². The van der Waals surface area contributed by atoms with E-state index in [2.05, 4.69) is 0 Å². The van der Waals surface area contributed by atoms with Crippen molar-refractivity contribution in [3.8, 4) is 0 Å². The minimum atomic E-state index is -3.25. The van der Waals surface area contributed by atoms with Crippen LogP contribution in [-0.4, -0.2) is 49.3 Å². The fraction of sp³-hybridized carbons (Fsp3) is 1.00. The molecule has 0 aliphatic carbocycles. The van der Waals surface area contributed by atoms with Gasteiger partial charge in [0.05, 0.1) is 11.4 Å². The number of hydrogen-bond acceptors (Lipinski definition) is 4. The van der Waals surface area contributed by atoms with Gasteiger partial charge in [-0.3, -0.25) is 0 Å². The highest BCUT2D eigenvalue weighted by atomic mass is 32.2. The van der Waals surface area contributed by atoms with E-state index in [0.717, 1.165) is 0 Å². The van der Waals surface area contributed by atoms with Crippen LogP contribution in [0.15, 0.2) is 0 Å². The SMILES string of the molecule is CN(CC(C)(C)O)S(=O)(=O)CCCCN. The molecule has 0 saturated carbocycles. The van der Waals surface area contributed by atoms with Gasteiger partial charge in [0.2, 0.25) is 10.0 Å². The van der Waals surface area contributed by atoms with Gasteiger partial charge in [-0.25, -0.2) is 12.7 Å². The van der Waals surface area contributed by atoms with Crippen molar-refractivity contribution in [3.05, 3.63) is 0 Å². The van der Waals surface area contributed by atoms with Gasteiger partial charge in [-0.1, -0.05) is 0 Å². The molecule has 0 aliphatic rings. The molecule has 0 rings (SSSR count). The summed E-state index contributed by atoms with van der Waals surface area (Å²) in [5.74, 6) is 0.0940. The van der Waals surface area contributed by atoms with Crippen molar-refractivity contribution in [1.29, 1.82) is 0 Å². The Morgan fingerprint density at radius 2 is 1.87 bits per heavy atom. The topological polar surface area (TPSA) is 83.6 Å². The average molecular weight is 238 g/mol. The molecule has 0 aliphatic heterocycles. The Kier molecular flexibility index (Phi) is 5.72. The third kappa shape index (κ3) is 6.83. The normalized spacial score (nSPS) is 13.5. The van der Waals surface area contributed by atoms with Crippen molar-refractivity contribution < 1.29 is 13.5 Å². The molecule has 0 aromatic carbocycles. The molecule has 5 nitrogen and oxygen atoms in total. The lowest BCUT2D eigenvalue weighted by atomic mass is 10.1. The monoisotopic (exact) mass is 238 g/mol. The van der Waals surface area contributed by atoms with Crippen molar-refractivity contribution in [3.63, 3.8) is 0 Å². The van der Waals surface area contributed by atoms with Gasteiger partial charge in [-0.15, -0.1) is 0 Å². The molecule has 15 heavy (non-hydrogen) atoms. The van der Waals surface area contributed by atoms with Crippen LogP contribution in [0.4, 0.5) is 0 Å². The van der Waals surface area contributed by atoms with Crippen LogP contribution in [0.5, 0.6) is 0 Å². The Bertz CT molecular complexity index is 270. The molecule has 0 amide bonds. The molecule has 0 radical (unpaired) electrons. The molecular formula is C9H22N2O3S. The van der Waals surface area contributed by atoms with Gasteiger partial charge < -0.3 is 10.8 Å². The predicted octanol–water partition coefficient (Wildman–Crippen LogP) is -0.242. The van der Waals surface area contributed by atoms with Crippen molar-refractivity contribution >= 4 is 10.0 Å². The third-order valence-corrected chi connectivity index (χ3v) is 3.82. The van der Waals surface area contributed by atoms with Gasteiger partial charge in [0.15, 0.2) is 0 Å². The van der Waals surface area contributed by atoms with Crippen molar-refractivity contribution in [1.82, 2.24) is 4.31 Å². The molecule has 92 valence electrons. The number of rotatable bonds is 7. The van der Waals surface area contributed by atoms with Crippen LogP contribution in [-0.2, 0) is 10.0 Å². The summed E-state index contributed by atoms with van der Waals surface area (Å²) in [6.45, 7) is 3.78. The summed E-state index contributed by atoms with van der Waals surface area (Å²) in [7, 11) is -1.77. The van der Waals surface area contributed by atoms with Gasteiger partial charge in [0, 0.05) is 13.6 Å². The predicted molar refractivity (Wildman–Crippen MR) is 61.0 cm³/mol. The van der Waals surface area contributed by atoms with Crippen LogP contribution in [0.1, 0.15) is 26.7 Å². The zero-order chi connectivity index (χ0) is 12.1. The summed E-state index contributed by atoms with van der Waals surface area (Å²) < 4.78 is 24.5. The minimum Gasteiger partial charge on any atom is -0.389 e. The van der Waals surface area contributed by atoms with Crippen LogP contribution < -0.4 is 5.73 Å². The lowest BCUT2D eigenvalue weighted by molar-refractivity contribution is 0.0640. The minimum absolute atomic E-state index is 0.0940. The number of hydrogen-bond donors (Lipinski definition) is 2. The van der Waals surface area contributed by atoms with Gasteiger partial charge in [-0.2, -0.15) is 0 Å². The van der Waals surface area contributed by atoms with Gasteiger partial charge in [-0.05, 0) is 33.2 Å². The second kappa shape index (κ2) is 5.79. The van der Waals surface area contributed by atoms with E-state index in [1.807, 2.05) is 0 Å². The first-order valence-electron chi connectivity index (χ1n) is 5.05. The maximum absolute atomic E-state index is 11.7. The van der Waals surface area contributed by atoms with E-state index in [1.165, 1.54) is 11.4 Å². The number of aliphatic hydroxyl groups is 1. The summed E-state index contributed by atoms with van der Waals surface area (Å²) in [4.78, 5) is 0. The Morgan fingerprint density at radius 1 is 1.33 bits per heavy atom. The first-order valence-corrected chi connectivity index (χ1v) is 6.66. The fourth-order valence-electron chi connectivity index (χ4n) is 1.23. The van der Waals surface area contributed by atoms with E-state index in [-0.39, 0.29) is 12.3 Å². The molecule has 0 fully saturated rings. The van der Waals surface area contributed by atoms with E-state index in [4.69, 9.17) is 5.73 Å². The largest absolute Gasteiger partial charge is 0.389 e. The van der Waals surface area contributed by atoms with Crippen LogP contribution in [0.3, 0.4) is 0 Å². The molecule has 0 atom stereocenters. The van der Waals surface area contributed by atoms with Crippen LogP contribution >= 0.6 is 0 Å². The van der Waals surface area contributed by atoms with E-state index < -0.39 is 15.6 Å². The first-order chi connectivity index (χ1) is 6.69. The second-order valence-corrected chi connectivity index (χ2v) is 6.58. The quantitative estimate of drug-likeness (QED) is 0.599. The summed E-state index contributed by atoms with van der Waals surface area (Å²) in [5.41, 5.74) is 4.28. The van der Waals surface area contributed by atoms with Crippen LogP contribution in [0.2, 0.25) is 0 Å². The van der Waals surface area contributed by atoms with E-state index in [9.17, 15) is 13.5 Å². The van der Waals surface area contributed by atoms with Crippen molar-refractivity contribution in [2.75, 3.05) is 25.9 Å². The summed E-state index contributed by atoms with van der Waals surface area (Å²) >= 11 is 0. The highest BCUT2D eigenvalue weighted by Crippen LogP contribution is 2.08. The second-order valence-electron chi connectivity index (χ2n) is 4.38. The molecule has 0 aromatic rings. The molecule has 6 heteroatoms. The summed E-state index contributed by atoms with van der Waals surface area (Å²) in [5, 5.41) is 9.50. The fourth-order valence-corrected chi connectivity index (χ4v) is 2.62. The standard InChI is InChI=1S/C9H22N2O3S/c1-9(2,12)8-11(3)15(13,14)7-5-4-6-10/h12H,4-8,10H2,1-3H3. The number of sulfonamides is 1. The maximum Gasteiger partial charge on any atom is 0.213 e. The third-order valence-electron chi connectivity index (χ3n) is 1.94. The molecular weight excluding hydrogens is 216 g/mol. The Hall–Kier alpha value is -0.170. The molecule has 0 bridgehead atoms. The highest BCUT2D eigenvalue weighted by molar-refractivity contribution is 7.89. The molecule has 0 spiro atoms. The van der Waals surface area contributed by atoms with Crippen molar-refractivity contribution in [2.45, 2.75) is 32.3 Å². The Balaban J connectivity index is 4.21. The van der Waals surface area contributed by atoms with Crippen LogP contribution in [0.25, 0.3) is 0 Å². The molecule has 3 N–H and O–H groups in total. The first kappa shape index (κ1) is 14.8. The lowest BCUT2D eigenvalue weighted by Gasteiger charge is -2.25. The van der Waals surface area contributed by atoms with Crippen molar-refractivity contribution in [2.24, 2.45) is 5.73 Å². The summed E-state index contributed by atoms with van der Waals surface area (Å²) in [6.07, 6.45) is 1.27. The molecule has 0 saturated heterocycles. The van der Waals surface area contributed by atoms with Crippen LogP contribution in [0, 0.1) is 0 Å². The summed E-state index contributed by atoms with van der Waals surface area (Å²) in [6, 6.07) is 0. The number of likely N-dealkylation sites (N-methyl/N-ethyl adjacent to an activating group) is 1. The zero-order valence-electron chi connectivity index (χ0n) is 9.73.